The lowest BCUT2D eigenvalue weighted by Crippen LogP contribution is -2.48. The number of benzene rings is 1. The van der Waals surface area contributed by atoms with Crippen molar-refractivity contribution in [3.8, 4) is 5.75 Å². The lowest BCUT2D eigenvalue weighted by Gasteiger charge is -2.35. The molecule has 1 heterocycles. The highest BCUT2D eigenvalue weighted by atomic mass is 35.5. The molecule has 1 aliphatic rings. The fraction of sp³-hybridized carbons (Fsp3) is 0.625. The summed E-state index contributed by atoms with van der Waals surface area (Å²) in [6, 6.07) is 5.46. The van der Waals surface area contributed by atoms with Crippen molar-refractivity contribution in [2.24, 2.45) is 0 Å². The van der Waals surface area contributed by atoms with Gasteiger partial charge in [0.2, 0.25) is 0 Å². The van der Waals surface area contributed by atoms with Gasteiger partial charge < -0.3 is 14.6 Å². The molecular weight excluding hydrogens is 276 g/mol. The highest BCUT2D eigenvalue weighted by Crippen LogP contribution is 2.47. The van der Waals surface area contributed by atoms with E-state index < -0.39 is 11.2 Å². The van der Waals surface area contributed by atoms with Crippen LogP contribution in [0.4, 0.5) is 0 Å². The van der Waals surface area contributed by atoms with Gasteiger partial charge in [-0.3, -0.25) is 0 Å². The fourth-order valence-electron chi connectivity index (χ4n) is 3.21. The minimum Gasteiger partial charge on any atom is -0.496 e. The quantitative estimate of drug-likeness (QED) is 0.926. The van der Waals surface area contributed by atoms with Crippen LogP contribution in [0.3, 0.4) is 0 Å². The van der Waals surface area contributed by atoms with Crippen LogP contribution in [0.1, 0.15) is 39.7 Å². The lowest BCUT2D eigenvalue weighted by molar-refractivity contribution is -0.125. The number of hydrogen-bond acceptors (Lipinski definition) is 3. The first-order valence-electron chi connectivity index (χ1n) is 6.84. The van der Waals surface area contributed by atoms with Crippen molar-refractivity contribution < 1.29 is 14.6 Å². The Morgan fingerprint density at radius 1 is 1.30 bits per heavy atom. The van der Waals surface area contributed by atoms with Gasteiger partial charge in [0.25, 0.3) is 0 Å². The molecule has 0 saturated carbocycles. The van der Waals surface area contributed by atoms with Gasteiger partial charge in [-0.1, -0.05) is 11.6 Å². The number of halogens is 1. The molecule has 0 radical (unpaired) electrons. The molecule has 1 saturated heterocycles. The van der Waals surface area contributed by atoms with Crippen LogP contribution in [-0.2, 0) is 11.2 Å². The Balaban J connectivity index is 2.36. The average molecular weight is 299 g/mol. The second-order valence-electron chi connectivity index (χ2n) is 6.71. The van der Waals surface area contributed by atoms with E-state index in [0.717, 1.165) is 11.3 Å². The Morgan fingerprint density at radius 2 is 1.95 bits per heavy atom. The Kier molecular flexibility index (Phi) is 3.83. The van der Waals surface area contributed by atoms with E-state index in [-0.39, 0.29) is 5.60 Å². The van der Waals surface area contributed by atoms with Gasteiger partial charge in [-0.05, 0) is 51.5 Å². The first-order valence-corrected chi connectivity index (χ1v) is 7.21. The largest absolute Gasteiger partial charge is 0.496 e. The molecule has 0 spiro atoms. The summed E-state index contributed by atoms with van der Waals surface area (Å²) in [5, 5.41) is 11.7. The van der Waals surface area contributed by atoms with Crippen molar-refractivity contribution in [1.29, 1.82) is 0 Å². The molecule has 0 amide bonds. The van der Waals surface area contributed by atoms with Crippen LogP contribution in [-0.4, -0.2) is 29.0 Å². The maximum atomic E-state index is 11.1. The number of methoxy groups -OCH3 is 1. The van der Waals surface area contributed by atoms with Gasteiger partial charge in [0.05, 0.1) is 23.9 Å². The van der Waals surface area contributed by atoms with Gasteiger partial charge in [-0.2, -0.15) is 0 Å². The summed E-state index contributed by atoms with van der Waals surface area (Å²) in [6.07, 6.45) is 1.02. The van der Waals surface area contributed by atoms with E-state index in [4.69, 9.17) is 21.1 Å². The van der Waals surface area contributed by atoms with Crippen molar-refractivity contribution >= 4 is 11.6 Å². The van der Waals surface area contributed by atoms with Gasteiger partial charge >= 0.3 is 0 Å². The predicted octanol–water partition coefficient (Wildman–Crippen LogP) is 3.60. The van der Waals surface area contributed by atoms with Gasteiger partial charge in [-0.25, -0.2) is 0 Å². The molecule has 0 aliphatic carbocycles. The zero-order valence-corrected chi connectivity index (χ0v) is 13.5. The molecule has 4 heteroatoms. The zero-order chi connectivity index (χ0) is 15.2. The predicted molar refractivity (Wildman–Crippen MR) is 80.5 cm³/mol. The average Bonchev–Trinajstić information content (AvgIpc) is 2.42. The van der Waals surface area contributed by atoms with Crippen LogP contribution in [0.15, 0.2) is 18.2 Å². The normalized spacial score (nSPS) is 27.6. The monoisotopic (exact) mass is 298 g/mol. The molecule has 1 aliphatic heterocycles. The number of ether oxygens (including phenoxy) is 2. The fourth-order valence-corrected chi connectivity index (χ4v) is 3.41. The van der Waals surface area contributed by atoms with Crippen LogP contribution in [0, 0.1) is 0 Å². The molecule has 1 unspecified atom stereocenters. The summed E-state index contributed by atoms with van der Waals surface area (Å²) >= 11 is 6.06. The summed E-state index contributed by atoms with van der Waals surface area (Å²) < 4.78 is 11.4. The summed E-state index contributed by atoms with van der Waals surface area (Å²) in [6.45, 7) is 7.86. The van der Waals surface area contributed by atoms with Crippen LogP contribution in [0.2, 0.25) is 5.02 Å². The molecule has 1 N–H and O–H groups in total. The first kappa shape index (κ1) is 15.6. The molecule has 2 rings (SSSR count). The van der Waals surface area contributed by atoms with E-state index >= 15 is 0 Å². The van der Waals surface area contributed by atoms with E-state index in [0.29, 0.717) is 17.9 Å². The van der Waals surface area contributed by atoms with Crippen molar-refractivity contribution in [2.75, 3.05) is 7.11 Å². The third-order valence-electron chi connectivity index (χ3n) is 4.10. The first-order chi connectivity index (χ1) is 9.09. The summed E-state index contributed by atoms with van der Waals surface area (Å²) in [4.78, 5) is 0. The molecule has 20 heavy (non-hydrogen) atoms. The molecule has 1 aromatic carbocycles. The van der Waals surface area contributed by atoms with Gasteiger partial charge in [-0.15, -0.1) is 0 Å². The second kappa shape index (κ2) is 4.90. The summed E-state index contributed by atoms with van der Waals surface area (Å²) in [7, 11) is 1.62. The number of aliphatic hydroxyl groups is 1. The number of hydrogen-bond donors (Lipinski definition) is 1. The Hall–Kier alpha value is -0.770. The molecule has 1 atom stereocenters. The van der Waals surface area contributed by atoms with Crippen LogP contribution >= 0.6 is 11.6 Å². The molecule has 112 valence electrons. The van der Waals surface area contributed by atoms with Crippen LogP contribution < -0.4 is 4.74 Å². The van der Waals surface area contributed by atoms with E-state index in [2.05, 4.69) is 0 Å². The standard InChI is InChI=1S/C16H23ClO3/c1-14(2)10-16(18,15(3,4)20-14)9-11-8-12(17)6-7-13(11)19-5/h6-8,18H,9-10H2,1-5H3. The molecule has 3 nitrogen and oxygen atoms in total. The third kappa shape index (κ3) is 2.80. The smallest absolute Gasteiger partial charge is 0.122 e. The zero-order valence-electron chi connectivity index (χ0n) is 12.8. The van der Waals surface area contributed by atoms with Crippen molar-refractivity contribution in [1.82, 2.24) is 0 Å². The van der Waals surface area contributed by atoms with Gasteiger partial charge in [0.15, 0.2) is 0 Å². The lowest BCUT2D eigenvalue weighted by atomic mass is 9.78. The van der Waals surface area contributed by atoms with Crippen molar-refractivity contribution in [3.05, 3.63) is 28.8 Å². The molecule has 0 bridgehead atoms. The third-order valence-corrected chi connectivity index (χ3v) is 4.33. The van der Waals surface area contributed by atoms with Gasteiger partial charge in [0.1, 0.15) is 5.75 Å². The van der Waals surface area contributed by atoms with E-state index in [1.807, 2.05) is 39.8 Å². The second-order valence-corrected chi connectivity index (χ2v) is 7.15. The molecule has 1 fully saturated rings. The highest BCUT2D eigenvalue weighted by molar-refractivity contribution is 6.30. The highest BCUT2D eigenvalue weighted by Gasteiger charge is 2.56. The minimum absolute atomic E-state index is 0.343. The SMILES string of the molecule is COc1ccc(Cl)cc1CC1(O)CC(C)(C)OC1(C)C. The minimum atomic E-state index is -0.950. The molecular formula is C16H23ClO3. The van der Waals surface area contributed by atoms with Crippen LogP contribution in [0.25, 0.3) is 0 Å². The Labute approximate surface area is 125 Å². The van der Waals surface area contributed by atoms with Crippen LogP contribution in [0.5, 0.6) is 5.75 Å². The van der Waals surface area contributed by atoms with E-state index in [9.17, 15) is 5.11 Å². The topological polar surface area (TPSA) is 38.7 Å². The molecule has 0 aromatic heterocycles. The maximum absolute atomic E-state index is 11.1. The maximum Gasteiger partial charge on any atom is 0.122 e. The molecule has 1 aromatic rings. The summed E-state index contributed by atoms with van der Waals surface area (Å²) in [5.74, 6) is 0.739. The van der Waals surface area contributed by atoms with E-state index in [1.165, 1.54) is 0 Å². The number of rotatable bonds is 3. The summed E-state index contributed by atoms with van der Waals surface area (Å²) in [5.41, 5.74) is -1.01. The Bertz CT molecular complexity index is 510. The Morgan fingerprint density at radius 3 is 2.45 bits per heavy atom. The van der Waals surface area contributed by atoms with E-state index in [1.54, 1.807) is 13.2 Å². The van der Waals surface area contributed by atoms with Crippen molar-refractivity contribution in [3.63, 3.8) is 0 Å². The van der Waals surface area contributed by atoms with Gasteiger partial charge in [0, 0.05) is 17.9 Å². The van der Waals surface area contributed by atoms with Crippen molar-refractivity contribution in [2.45, 2.75) is 57.3 Å².